The highest BCUT2D eigenvalue weighted by molar-refractivity contribution is 5.99. The fourth-order valence-electron chi connectivity index (χ4n) is 3.30. The molecule has 2 amide bonds. The number of carbonyl (C=O) groups excluding carboxylic acids is 1. The number of nitrogens with zero attached hydrogens (tertiary/aromatic N) is 1. The number of benzene rings is 3. The average molecular weight is 357 g/mol. The van der Waals surface area contributed by atoms with Crippen molar-refractivity contribution in [2.24, 2.45) is 10.7 Å². The molecule has 2 aliphatic heterocycles. The number of carbonyl (C=O) groups is 1. The van der Waals surface area contributed by atoms with Crippen LogP contribution in [0.4, 0.5) is 10.5 Å². The Hall–Kier alpha value is -3.80. The Balaban J connectivity index is 1.50. The smallest absolute Gasteiger partial charge is 0.316 e. The van der Waals surface area contributed by atoms with Crippen LogP contribution in [0, 0.1) is 0 Å². The van der Waals surface area contributed by atoms with Crippen LogP contribution in [-0.2, 0) is 4.74 Å². The highest BCUT2D eigenvalue weighted by Crippen LogP contribution is 2.38. The quantitative estimate of drug-likeness (QED) is 0.730. The Kier molecular flexibility index (Phi) is 3.36. The zero-order chi connectivity index (χ0) is 18.4. The van der Waals surface area contributed by atoms with Gasteiger partial charge in [0.15, 0.2) is 0 Å². The molecule has 2 aliphatic rings. The molecule has 3 N–H and O–H groups in total. The molecule has 5 rings (SSSR count). The third-order valence-electron chi connectivity index (χ3n) is 4.55. The van der Waals surface area contributed by atoms with E-state index in [4.69, 9.17) is 15.2 Å². The maximum absolute atomic E-state index is 10.9. The van der Waals surface area contributed by atoms with Gasteiger partial charge in [0, 0.05) is 16.8 Å². The number of rotatable bonds is 2. The average Bonchev–Trinajstić information content (AvgIpc) is 3.09. The second kappa shape index (κ2) is 5.88. The highest BCUT2D eigenvalue weighted by Gasteiger charge is 2.32. The predicted molar refractivity (Wildman–Crippen MR) is 104 cm³/mol. The summed E-state index contributed by atoms with van der Waals surface area (Å²) < 4.78 is 11.9. The van der Waals surface area contributed by atoms with Crippen molar-refractivity contribution in [1.82, 2.24) is 0 Å². The lowest BCUT2D eigenvalue weighted by Crippen LogP contribution is -2.22. The molecule has 0 radical (unpaired) electrons. The summed E-state index contributed by atoms with van der Waals surface area (Å²) in [6.45, 7) is 0. The summed E-state index contributed by atoms with van der Waals surface area (Å²) in [6.07, 6.45) is 1.46. The van der Waals surface area contributed by atoms with Crippen molar-refractivity contribution in [3.8, 4) is 5.75 Å². The van der Waals surface area contributed by atoms with Gasteiger partial charge in [-0.05, 0) is 47.2 Å². The molecule has 0 spiro atoms. The molecule has 0 bridgehead atoms. The minimum absolute atomic E-state index is 0.481. The third-order valence-corrected chi connectivity index (χ3v) is 4.55. The lowest BCUT2D eigenvalue weighted by atomic mass is 10.0. The maximum Gasteiger partial charge on any atom is 0.316 e. The molecule has 2 heterocycles. The summed E-state index contributed by atoms with van der Waals surface area (Å²) in [4.78, 5) is 15.5. The van der Waals surface area contributed by atoms with E-state index < -0.39 is 12.3 Å². The zero-order valence-electron chi connectivity index (χ0n) is 14.2. The Morgan fingerprint density at radius 3 is 2.63 bits per heavy atom. The van der Waals surface area contributed by atoms with Gasteiger partial charge in [-0.25, -0.2) is 9.79 Å². The molecule has 0 fully saturated rings. The number of ether oxygens (including phenoxy) is 2. The molecule has 132 valence electrons. The predicted octanol–water partition coefficient (Wildman–Crippen LogP) is 3.87. The molecule has 6 nitrogen and oxygen atoms in total. The maximum atomic E-state index is 10.9. The molecule has 6 heteroatoms. The van der Waals surface area contributed by atoms with E-state index in [9.17, 15) is 4.79 Å². The van der Waals surface area contributed by atoms with Crippen LogP contribution >= 0.6 is 0 Å². The molecular formula is C21H15N3O3. The number of nitrogens with one attached hydrogen (secondary N) is 1. The molecular weight excluding hydrogens is 342 g/mol. The van der Waals surface area contributed by atoms with Gasteiger partial charge in [0.2, 0.25) is 5.90 Å². The van der Waals surface area contributed by atoms with Crippen molar-refractivity contribution in [1.29, 1.82) is 0 Å². The van der Waals surface area contributed by atoms with Crippen molar-refractivity contribution >= 4 is 34.5 Å². The van der Waals surface area contributed by atoms with Gasteiger partial charge in [-0.2, -0.15) is 0 Å². The monoisotopic (exact) mass is 357 g/mol. The Morgan fingerprint density at radius 1 is 1.00 bits per heavy atom. The minimum Gasteiger partial charge on any atom is -0.448 e. The van der Waals surface area contributed by atoms with Gasteiger partial charge in [0.05, 0.1) is 0 Å². The van der Waals surface area contributed by atoms with E-state index in [-0.39, 0.29) is 0 Å². The first kappa shape index (κ1) is 15.5. The first-order valence-electron chi connectivity index (χ1n) is 8.50. The second-order valence-corrected chi connectivity index (χ2v) is 6.32. The van der Waals surface area contributed by atoms with Crippen LogP contribution in [0.5, 0.6) is 5.75 Å². The third kappa shape index (κ3) is 2.67. The molecule has 27 heavy (non-hydrogen) atoms. The number of hydrogen-bond acceptors (Lipinski definition) is 4. The van der Waals surface area contributed by atoms with Crippen LogP contribution in [0.1, 0.15) is 11.1 Å². The summed E-state index contributed by atoms with van der Waals surface area (Å²) in [5, 5.41) is 4.79. The van der Waals surface area contributed by atoms with Gasteiger partial charge in [0.1, 0.15) is 11.4 Å². The van der Waals surface area contributed by atoms with Crippen LogP contribution < -0.4 is 15.8 Å². The van der Waals surface area contributed by atoms with Crippen molar-refractivity contribution in [2.45, 2.75) is 6.29 Å². The van der Waals surface area contributed by atoms with Crippen molar-refractivity contribution in [3.05, 3.63) is 77.5 Å². The normalized spacial score (nSPS) is 17.1. The standard InChI is InChI=1S/C21H15N3O3/c22-21(25)23-14-8-5-13(6-9-14)19-24-17-11-16-15-4-2-1-3-12(15)7-10-18(16)26-20(17)27-19/h1-11,20H,(H3,22,23,25)/t20-/m0/s1. The second-order valence-electron chi connectivity index (χ2n) is 6.32. The Bertz CT molecular complexity index is 1130. The summed E-state index contributed by atoms with van der Waals surface area (Å²) in [7, 11) is 0. The topological polar surface area (TPSA) is 85.9 Å². The SMILES string of the molecule is NC(=O)Nc1ccc(C2=NC3=Cc4c(ccc5ccccc45)O[C@H]3O2)cc1. The van der Waals surface area contributed by atoms with E-state index in [0.29, 0.717) is 11.6 Å². The number of primary amides is 1. The van der Waals surface area contributed by atoms with Crippen LogP contribution in [0.25, 0.3) is 16.8 Å². The number of hydrogen-bond donors (Lipinski definition) is 2. The van der Waals surface area contributed by atoms with E-state index in [1.807, 2.05) is 42.5 Å². The summed E-state index contributed by atoms with van der Waals surface area (Å²) in [5.41, 5.74) is 8.26. The van der Waals surface area contributed by atoms with E-state index in [1.165, 1.54) is 0 Å². The van der Waals surface area contributed by atoms with Crippen LogP contribution in [-0.4, -0.2) is 18.2 Å². The fourth-order valence-corrected chi connectivity index (χ4v) is 3.30. The van der Waals surface area contributed by atoms with Crippen LogP contribution in [0.2, 0.25) is 0 Å². The van der Waals surface area contributed by atoms with E-state index in [1.54, 1.807) is 12.1 Å². The number of fused-ring (bicyclic) bond motifs is 4. The first-order chi connectivity index (χ1) is 13.2. The van der Waals surface area contributed by atoms with Gasteiger partial charge in [-0.3, -0.25) is 0 Å². The molecule has 0 aromatic heterocycles. The number of nitrogens with two attached hydrogens (primary N) is 1. The molecule has 0 saturated heterocycles. The molecule has 0 aliphatic carbocycles. The van der Waals surface area contributed by atoms with Crippen molar-refractivity contribution in [3.63, 3.8) is 0 Å². The number of aliphatic imine (C=N–C) groups is 1. The molecule has 0 unspecified atom stereocenters. The van der Waals surface area contributed by atoms with Gasteiger partial charge >= 0.3 is 6.03 Å². The van der Waals surface area contributed by atoms with Crippen LogP contribution in [0.3, 0.4) is 0 Å². The molecule has 0 saturated carbocycles. The van der Waals surface area contributed by atoms with E-state index in [0.717, 1.165) is 33.3 Å². The summed E-state index contributed by atoms with van der Waals surface area (Å²) in [6, 6.07) is 18.7. The van der Waals surface area contributed by atoms with E-state index in [2.05, 4.69) is 22.4 Å². The first-order valence-corrected chi connectivity index (χ1v) is 8.50. The Morgan fingerprint density at radius 2 is 1.81 bits per heavy atom. The van der Waals surface area contributed by atoms with Gasteiger partial charge in [-0.15, -0.1) is 0 Å². The number of amides is 2. The number of urea groups is 1. The van der Waals surface area contributed by atoms with E-state index >= 15 is 0 Å². The summed E-state index contributed by atoms with van der Waals surface area (Å²) >= 11 is 0. The molecule has 3 aromatic rings. The van der Waals surface area contributed by atoms with Gasteiger partial charge in [-0.1, -0.05) is 30.3 Å². The van der Waals surface area contributed by atoms with Crippen molar-refractivity contribution < 1.29 is 14.3 Å². The van der Waals surface area contributed by atoms with Crippen LogP contribution in [0.15, 0.2) is 71.4 Å². The number of anilines is 1. The lowest BCUT2D eigenvalue weighted by molar-refractivity contribution is 0.0381. The lowest BCUT2D eigenvalue weighted by Gasteiger charge is -2.21. The zero-order valence-corrected chi connectivity index (χ0v) is 14.2. The van der Waals surface area contributed by atoms with Gasteiger partial charge < -0.3 is 20.5 Å². The highest BCUT2D eigenvalue weighted by atomic mass is 16.7. The molecule has 1 atom stereocenters. The Labute approximate surface area is 154 Å². The summed E-state index contributed by atoms with van der Waals surface area (Å²) in [5.74, 6) is 1.26. The minimum atomic E-state index is -0.605. The van der Waals surface area contributed by atoms with Gasteiger partial charge in [0.25, 0.3) is 6.29 Å². The molecule has 3 aromatic carbocycles. The fraction of sp³-hybridized carbons (Fsp3) is 0.0476. The van der Waals surface area contributed by atoms with Crippen molar-refractivity contribution in [2.75, 3.05) is 5.32 Å². The largest absolute Gasteiger partial charge is 0.448 e.